The Labute approximate surface area is 207 Å². The van der Waals surface area contributed by atoms with Crippen molar-refractivity contribution in [1.82, 2.24) is 15.5 Å². The maximum absolute atomic E-state index is 12.1. The molecule has 1 unspecified atom stereocenters. The topological polar surface area (TPSA) is 66.0 Å². The van der Waals surface area contributed by atoms with Crippen LogP contribution in [0.4, 0.5) is 0 Å². The van der Waals surface area contributed by atoms with Crippen molar-refractivity contribution in [3.63, 3.8) is 0 Å². The quantitative estimate of drug-likeness (QED) is 0.275. The van der Waals surface area contributed by atoms with E-state index in [-0.39, 0.29) is 36.0 Å². The van der Waals surface area contributed by atoms with Gasteiger partial charge < -0.3 is 20.3 Å². The number of carbonyl (C=O) groups is 1. The third-order valence-corrected chi connectivity index (χ3v) is 4.61. The number of carbonyl (C=O) groups excluding carboxylic acids is 1. The van der Waals surface area contributed by atoms with Gasteiger partial charge in [0.15, 0.2) is 5.96 Å². The number of para-hydroxylation sites is 1. The molecule has 0 heterocycles. The molecule has 0 aliphatic rings. The molecule has 1 atom stereocenters. The summed E-state index contributed by atoms with van der Waals surface area (Å²) in [5, 5.41) is 7.16. The third-order valence-electron chi connectivity index (χ3n) is 4.30. The Morgan fingerprint density at radius 1 is 1.16 bits per heavy atom. The zero-order chi connectivity index (χ0) is 21.9. The summed E-state index contributed by atoms with van der Waals surface area (Å²) < 4.78 is 5.87. The van der Waals surface area contributed by atoms with Crippen molar-refractivity contribution in [3.05, 3.63) is 64.7 Å². The second kappa shape index (κ2) is 14.1. The van der Waals surface area contributed by atoms with E-state index in [1.54, 1.807) is 25.1 Å². The molecule has 0 bridgehead atoms. The largest absolute Gasteiger partial charge is 0.487 e. The fourth-order valence-electron chi connectivity index (χ4n) is 2.80. The van der Waals surface area contributed by atoms with Crippen LogP contribution in [0.5, 0.6) is 5.75 Å². The number of ether oxygens (including phenoxy) is 1. The number of hydrogen-bond acceptors (Lipinski definition) is 3. The Balaban J connectivity index is 0.00000480. The molecule has 0 aromatic heterocycles. The van der Waals surface area contributed by atoms with Crippen LogP contribution in [0.3, 0.4) is 0 Å². The molecule has 0 saturated carbocycles. The summed E-state index contributed by atoms with van der Waals surface area (Å²) in [7, 11) is 3.51. The molecule has 0 fully saturated rings. The van der Waals surface area contributed by atoms with Crippen LogP contribution in [-0.2, 0) is 6.42 Å². The number of hydrogen-bond donors (Lipinski definition) is 2. The maximum atomic E-state index is 12.1. The summed E-state index contributed by atoms with van der Waals surface area (Å²) in [5.74, 6) is 1.40. The van der Waals surface area contributed by atoms with Crippen LogP contribution in [0.15, 0.2) is 53.5 Å². The fraction of sp³-hybridized carbons (Fsp3) is 0.391. The second-order valence-corrected chi connectivity index (χ2v) is 7.56. The van der Waals surface area contributed by atoms with E-state index in [0.29, 0.717) is 29.4 Å². The molecule has 0 aliphatic heterocycles. The van der Waals surface area contributed by atoms with Crippen molar-refractivity contribution in [2.24, 2.45) is 4.99 Å². The lowest BCUT2D eigenvalue weighted by atomic mass is 10.1. The average Bonchev–Trinajstić information content (AvgIpc) is 2.73. The lowest BCUT2D eigenvalue weighted by Gasteiger charge is -2.16. The van der Waals surface area contributed by atoms with E-state index >= 15 is 0 Å². The molecule has 31 heavy (non-hydrogen) atoms. The number of amides is 1. The van der Waals surface area contributed by atoms with E-state index in [1.165, 1.54) is 0 Å². The Bertz CT molecular complexity index is 861. The molecule has 0 aliphatic carbocycles. The van der Waals surface area contributed by atoms with Crippen LogP contribution in [0.2, 0.25) is 5.02 Å². The van der Waals surface area contributed by atoms with Crippen molar-refractivity contribution >= 4 is 47.4 Å². The molecule has 6 nitrogen and oxygen atoms in total. The number of benzene rings is 2. The maximum Gasteiger partial charge on any atom is 0.253 e. The summed E-state index contributed by atoms with van der Waals surface area (Å²) >= 11 is 6.15. The molecule has 2 aromatic rings. The van der Waals surface area contributed by atoms with E-state index in [1.807, 2.05) is 56.3 Å². The molecule has 2 N–H and O–H groups in total. The van der Waals surface area contributed by atoms with Crippen molar-refractivity contribution in [1.29, 1.82) is 0 Å². The molecule has 1 amide bonds. The fourth-order valence-corrected chi connectivity index (χ4v) is 2.98. The number of nitrogens with zero attached hydrogens (tertiary/aromatic N) is 2. The molecule has 170 valence electrons. The standard InChI is InChI=1S/C23H31ClN4O2.HI/c1-5-25-23(27-16-17(2)30-21-12-7-6-11-20(21)24)26-14-13-18-9-8-10-19(15-18)22(29)28(3)4;/h6-12,15,17H,5,13-14,16H2,1-4H3,(H2,25,26,27);1H. The van der Waals surface area contributed by atoms with Crippen molar-refractivity contribution in [2.45, 2.75) is 26.4 Å². The zero-order valence-electron chi connectivity index (χ0n) is 18.5. The van der Waals surface area contributed by atoms with E-state index in [0.717, 1.165) is 24.5 Å². The summed E-state index contributed by atoms with van der Waals surface area (Å²) in [6.45, 7) is 5.94. The second-order valence-electron chi connectivity index (χ2n) is 7.16. The summed E-state index contributed by atoms with van der Waals surface area (Å²) in [6.07, 6.45) is 0.666. The van der Waals surface area contributed by atoms with Crippen molar-refractivity contribution < 1.29 is 9.53 Å². The highest BCUT2D eigenvalue weighted by Crippen LogP contribution is 2.24. The zero-order valence-corrected chi connectivity index (χ0v) is 21.6. The van der Waals surface area contributed by atoms with Crippen LogP contribution in [0, 0.1) is 0 Å². The number of rotatable bonds is 9. The van der Waals surface area contributed by atoms with Gasteiger partial charge in [0, 0.05) is 32.7 Å². The van der Waals surface area contributed by atoms with Gasteiger partial charge in [-0.1, -0.05) is 35.9 Å². The molecule has 8 heteroatoms. The lowest BCUT2D eigenvalue weighted by molar-refractivity contribution is 0.0827. The Hall–Kier alpha value is -2.00. The number of halogens is 2. The first-order chi connectivity index (χ1) is 14.4. The first-order valence-electron chi connectivity index (χ1n) is 10.1. The van der Waals surface area contributed by atoms with Gasteiger partial charge in [0.25, 0.3) is 5.91 Å². The predicted octanol–water partition coefficient (Wildman–Crippen LogP) is 4.22. The Morgan fingerprint density at radius 3 is 2.58 bits per heavy atom. The minimum atomic E-state index is -0.117. The van der Waals surface area contributed by atoms with E-state index in [9.17, 15) is 4.79 Å². The van der Waals surface area contributed by atoms with Gasteiger partial charge in [-0.05, 0) is 50.1 Å². The monoisotopic (exact) mass is 558 g/mol. The predicted molar refractivity (Wildman–Crippen MR) is 139 cm³/mol. The van der Waals surface area contributed by atoms with Crippen LogP contribution in [-0.4, -0.2) is 56.6 Å². The van der Waals surface area contributed by atoms with Gasteiger partial charge in [-0.2, -0.15) is 0 Å². The molecule has 0 spiro atoms. The highest BCUT2D eigenvalue weighted by molar-refractivity contribution is 14.0. The first kappa shape index (κ1) is 27.0. The van der Waals surface area contributed by atoms with Gasteiger partial charge in [0.2, 0.25) is 0 Å². The van der Waals surface area contributed by atoms with Crippen LogP contribution in [0.25, 0.3) is 0 Å². The van der Waals surface area contributed by atoms with Gasteiger partial charge in [-0.15, -0.1) is 24.0 Å². The van der Waals surface area contributed by atoms with Crippen molar-refractivity contribution in [3.8, 4) is 5.75 Å². The normalized spacial score (nSPS) is 11.8. The van der Waals surface area contributed by atoms with Crippen molar-refractivity contribution in [2.75, 3.05) is 33.7 Å². The van der Waals surface area contributed by atoms with E-state index < -0.39 is 0 Å². The molecule has 0 saturated heterocycles. The molecule has 2 rings (SSSR count). The van der Waals surface area contributed by atoms with Crippen LogP contribution >= 0.6 is 35.6 Å². The number of guanidine groups is 1. The highest BCUT2D eigenvalue weighted by Gasteiger charge is 2.09. The van der Waals surface area contributed by atoms with E-state index in [2.05, 4.69) is 15.6 Å². The Kier molecular flexibility index (Phi) is 12.3. The van der Waals surface area contributed by atoms with Gasteiger partial charge in [0.1, 0.15) is 11.9 Å². The molecular weight excluding hydrogens is 527 g/mol. The van der Waals surface area contributed by atoms with Gasteiger partial charge in [0.05, 0.1) is 11.6 Å². The van der Waals surface area contributed by atoms with Gasteiger partial charge in [-0.3, -0.25) is 4.79 Å². The van der Waals surface area contributed by atoms with Crippen LogP contribution < -0.4 is 15.4 Å². The summed E-state index contributed by atoms with van der Waals surface area (Å²) in [5.41, 5.74) is 1.80. The Morgan fingerprint density at radius 2 is 1.90 bits per heavy atom. The molecular formula is C23H32ClIN4O2. The minimum Gasteiger partial charge on any atom is -0.487 e. The molecule has 0 radical (unpaired) electrons. The summed E-state index contributed by atoms with van der Waals surface area (Å²) in [4.78, 5) is 18.3. The van der Waals surface area contributed by atoms with Gasteiger partial charge in [-0.25, -0.2) is 4.99 Å². The minimum absolute atomic E-state index is 0. The lowest BCUT2D eigenvalue weighted by Crippen LogP contribution is -2.39. The molecule has 2 aromatic carbocycles. The summed E-state index contributed by atoms with van der Waals surface area (Å²) in [6, 6.07) is 15.1. The van der Waals surface area contributed by atoms with E-state index in [4.69, 9.17) is 16.3 Å². The smallest absolute Gasteiger partial charge is 0.253 e. The highest BCUT2D eigenvalue weighted by atomic mass is 127. The van der Waals surface area contributed by atoms with Gasteiger partial charge >= 0.3 is 0 Å². The number of aliphatic imine (C=N–C) groups is 1. The first-order valence-corrected chi connectivity index (χ1v) is 10.5. The third kappa shape index (κ3) is 9.35. The SMILES string of the molecule is CCNC(=NCC(C)Oc1ccccc1Cl)NCCc1cccc(C(=O)N(C)C)c1.I. The van der Waals surface area contributed by atoms with Crippen LogP contribution in [0.1, 0.15) is 29.8 Å². The number of nitrogens with one attached hydrogen (secondary N) is 2. The average molecular weight is 559 g/mol.